The average molecular weight is 400 g/mol. The molecule has 6 nitrogen and oxygen atoms in total. The predicted octanol–water partition coefficient (Wildman–Crippen LogP) is 4.27. The summed E-state index contributed by atoms with van der Waals surface area (Å²) in [4.78, 5) is 12.4. The monoisotopic (exact) mass is 399 g/mol. The van der Waals surface area contributed by atoms with Crippen molar-refractivity contribution in [2.45, 2.75) is 69.2 Å². The first-order valence-electron chi connectivity index (χ1n) is 10.1. The van der Waals surface area contributed by atoms with Gasteiger partial charge in [-0.1, -0.05) is 49.4 Å². The Kier molecular flexibility index (Phi) is 7.25. The van der Waals surface area contributed by atoms with Gasteiger partial charge in [0, 0.05) is 6.54 Å². The molecule has 0 saturated carbocycles. The molecule has 0 radical (unpaired) electrons. The second-order valence-corrected chi connectivity index (χ2v) is 8.84. The minimum atomic E-state index is -0.264. The lowest BCUT2D eigenvalue weighted by Gasteiger charge is -2.15. The first-order chi connectivity index (χ1) is 13.5. The number of thioether (sulfide) groups is 1. The lowest BCUT2D eigenvalue weighted by atomic mass is 9.97. The van der Waals surface area contributed by atoms with E-state index in [9.17, 15) is 4.79 Å². The van der Waals surface area contributed by atoms with Crippen molar-refractivity contribution < 1.29 is 4.79 Å². The Balaban J connectivity index is 1.55. The molecule has 3 rings (SSSR count). The molecule has 0 spiro atoms. The van der Waals surface area contributed by atoms with E-state index in [0.29, 0.717) is 17.6 Å². The van der Waals surface area contributed by atoms with E-state index in [2.05, 4.69) is 52.9 Å². The highest BCUT2D eigenvalue weighted by molar-refractivity contribution is 8.00. The molecule has 1 atom stereocenters. The van der Waals surface area contributed by atoms with Crippen LogP contribution in [0.3, 0.4) is 0 Å². The van der Waals surface area contributed by atoms with Crippen LogP contribution in [0.2, 0.25) is 0 Å². The van der Waals surface area contributed by atoms with Gasteiger partial charge in [-0.05, 0) is 73.1 Å². The molecule has 0 aliphatic heterocycles. The van der Waals surface area contributed by atoms with Gasteiger partial charge in [0.2, 0.25) is 11.1 Å². The van der Waals surface area contributed by atoms with Gasteiger partial charge in [-0.25, -0.2) is 0 Å². The zero-order chi connectivity index (χ0) is 19.9. The van der Waals surface area contributed by atoms with Gasteiger partial charge in [-0.3, -0.25) is 4.79 Å². The highest BCUT2D eigenvalue weighted by Gasteiger charge is 2.19. The van der Waals surface area contributed by atoms with Crippen LogP contribution in [0.5, 0.6) is 0 Å². The smallest absolute Gasteiger partial charge is 0.233 e. The van der Waals surface area contributed by atoms with Gasteiger partial charge >= 0.3 is 0 Å². The van der Waals surface area contributed by atoms with Crippen molar-refractivity contribution in [2.24, 2.45) is 0 Å². The number of hydrogen-bond donors (Lipinski definition) is 1. The number of benzene rings is 1. The molecular weight excluding hydrogens is 370 g/mol. The maximum absolute atomic E-state index is 12.4. The Morgan fingerprint density at radius 2 is 2.00 bits per heavy atom. The topological polar surface area (TPSA) is 72.7 Å². The van der Waals surface area contributed by atoms with Gasteiger partial charge < -0.3 is 5.32 Å². The number of nitrogens with one attached hydrogen (secondary N) is 1. The van der Waals surface area contributed by atoms with Crippen molar-refractivity contribution in [3.8, 4) is 5.69 Å². The molecule has 0 unspecified atom stereocenters. The maximum atomic E-state index is 12.4. The van der Waals surface area contributed by atoms with Gasteiger partial charge in [0.15, 0.2) is 0 Å². The molecule has 1 aromatic heterocycles. The number of rotatable bonds is 8. The first kappa shape index (κ1) is 20.6. The molecular formula is C21H29N5OS. The summed E-state index contributed by atoms with van der Waals surface area (Å²) in [5.74, 6) is 0.496. The van der Waals surface area contributed by atoms with Gasteiger partial charge in [0.05, 0.1) is 10.9 Å². The number of allylic oxidation sites excluding steroid dienone is 1. The average Bonchev–Trinajstić information content (AvgIpc) is 3.16. The fourth-order valence-corrected chi connectivity index (χ4v) is 4.08. The minimum Gasteiger partial charge on any atom is -0.355 e. The fraction of sp³-hybridized carbons (Fsp3) is 0.524. The third-order valence-electron chi connectivity index (χ3n) is 5.03. The van der Waals surface area contributed by atoms with Crippen LogP contribution in [0.25, 0.3) is 5.69 Å². The molecule has 1 amide bonds. The van der Waals surface area contributed by atoms with Crippen molar-refractivity contribution in [2.75, 3.05) is 6.54 Å². The van der Waals surface area contributed by atoms with Gasteiger partial charge in [0.25, 0.3) is 0 Å². The maximum Gasteiger partial charge on any atom is 0.233 e. The summed E-state index contributed by atoms with van der Waals surface area (Å²) >= 11 is 1.38. The normalized spacial score (nSPS) is 15.4. The first-order valence-corrected chi connectivity index (χ1v) is 10.9. The number of carbonyl (C=O) groups excluding carboxylic acids is 1. The Morgan fingerprint density at radius 3 is 2.68 bits per heavy atom. The summed E-state index contributed by atoms with van der Waals surface area (Å²) in [6, 6.07) is 8.20. The number of carbonyl (C=O) groups is 1. The van der Waals surface area contributed by atoms with Crippen LogP contribution < -0.4 is 5.32 Å². The molecule has 2 aromatic rings. The molecule has 1 N–H and O–H groups in total. The van der Waals surface area contributed by atoms with E-state index in [1.54, 1.807) is 4.68 Å². The molecule has 0 bridgehead atoms. The van der Waals surface area contributed by atoms with Gasteiger partial charge in [0.1, 0.15) is 0 Å². The Morgan fingerprint density at radius 1 is 1.21 bits per heavy atom. The Labute approximate surface area is 171 Å². The second kappa shape index (κ2) is 9.87. The summed E-state index contributed by atoms with van der Waals surface area (Å²) < 4.78 is 1.69. The Bertz CT molecular complexity index is 812. The van der Waals surface area contributed by atoms with E-state index in [1.807, 2.05) is 19.1 Å². The third-order valence-corrected chi connectivity index (χ3v) is 6.06. The van der Waals surface area contributed by atoms with E-state index in [1.165, 1.54) is 48.6 Å². The van der Waals surface area contributed by atoms with Crippen LogP contribution in [-0.2, 0) is 4.79 Å². The molecule has 0 fully saturated rings. The molecule has 150 valence electrons. The van der Waals surface area contributed by atoms with Crippen molar-refractivity contribution in [3.05, 3.63) is 41.5 Å². The largest absolute Gasteiger partial charge is 0.355 e. The molecule has 0 saturated heterocycles. The number of aromatic nitrogens is 4. The van der Waals surface area contributed by atoms with Gasteiger partial charge in [-0.2, -0.15) is 4.68 Å². The lowest BCUT2D eigenvalue weighted by molar-refractivity contribution is -0.120. The summed E-state index contributed by atoms with van der Waals surface area (Å²) in [6.45, 7) is 6.91. The number of nitrogens with zero attached hydrogens (tertiary/aromatic N) is 4. The van der Waals surface area contributed by atoms with Crippen LogP contribution in [-0.4, -0.2) is 37.9 Å². The van der Waals surface area contributed by atoms with Crippen molar-refractivity contribution >= 4 is 17.7 Å². The van der Waals surface area contributed by atoms with E-state index >= 15 is 0 Å². The minimum absolute atomic E-state index is 0.0196. The quantitative estimate of drug-likeness (QED) is 0.530. The summed E-state index contributed by atoms with van der Waals surface area (Å²) in [6.07, 6.45) is 8.18. The van der Waals surface area contributed by atoms with E-state index in [-0.39, 0.29) is 11.2 Å². The van der Waals surface area contributed by atoms with Crippen molar-refractivity contribution in [1.29, 1.82) is 0 Å². The fourth-order valence-electron chi connectivity index (χ4n) is 3.25. The van der Waals surface area contributed by atoms with Crippen LogP contribution >= 0.6 is 11.8 Å². The van der Waals surface area contributed by atoms with Crippen LogP contribution in [0.4, 0.5) is 0 Å². The molecule has 1 aromatic carbocycles. The standard InChI is InChI=1S/C21H29N5OS/c1-15(2)18-9-11-19(12-10-18)26-21(23-24-25-26)28-16(3)20(27)22-14-13-17-7-5-4-6-8-17/h7,9-12,15-16H,4-6,8,13-14H2,1-3H3,(H,22,27)/t16-/m0/s1. The third kappa shape index (κ3) is 5.44. The van der Waals surface area contributed by atoms with Crippen LogP contribution in [0.15, 0.2) is 41.1 Å². The Hall–Kier alpha value is -2.15. The molecule has 7 heteroatoms. The molecule has 1 aliphatic carbocycles. The molecule has 1 heterocycles. The highest BCUT2D eigenvalue weighted by Crippen LogP contribution is 2.24. The summed E-state index contributed by atoms with van der Waals surface area (Å²) in [7, 11) is 0. The number of amides is 1. The number of hydrogen-bond acceptors (Lipinski definition) is 5. The highest BCUT2D eigenvalue weighted by atomic mass is 32.2. The lowest BCUT2D eigenvalue weighted by Crippen LogP contribution is -2.32. The SMILES string of the molecule is CC(C)c1ccc(-n2nnnc2S[C@@H](C)C(=O)NCCC2=CCCCC2)cc1. The zero-order valence-corrected chi connectivity index (χ0v) is 17.7. The zero-order valence-electron chi connectivity index (χ0n) is 16.9. The van der Waals surface area contributed by atoms with Crippen LogP contribution in [0.1, 0.15) is 64.4 Å². The predicted molar refractivity (Wildman–Crippen MR) is 113 cm³/mol. The van der Waals surface area contributed by atoms with Crippen molar-refractivity contribution in [3.63, 3.8) is 0 Å². The van der Waals surface area contributed by atoms with Crippen molar-refractivity contribution in [1.82, 2.24) is 25.5 Å². The van der Waals surface area contributed by atoms with E-state index < -0.39 is 0 Å². The van der Waals surface area contributed by atoms with Gasteiger partial charge in [-0.15, -0.1) is 5.10 Å². The molecule has 1 aliphatic rings. The van der Waals surface area contributed by atoms with Crippen LogP contribution in [0, 0.1) is 0 Å². The summed E-state index contributed by atoms with van der Waals surface area (Å²) in [5, 5.41) is 15.4. The number of tetrazole rings is 1. The second-order valence-electron chi connectivity index (χ2n) is 7.53. The van der Waals surface area contributed by atoms with E-state index in [0.717, 1.165) is 12.1 Å². The van der Waals surface area contributed by atoms with E-state index in [4.69, 9.17) is 0 Å². The molecule has 28 heavy (non-hydrogen) atoms. The summed E-state index contributed by atoms with van der Waals surface area (Å²) in [5.41, 5.74) is 3.64.